The standard InChI is InChI=1S/C6H6O3S.C4H9NO/c7-10(8,9)6-4-2-1-3-5-6;6-3-4-1-5-2-4/h1-5H,(H,7,8,9);4-6H,1-3H2. The zero-order chi connectivity index (χ0) is 12.0. The molecule has 0 unspecified atom stereocenters. The van der Waals surface area contributed by atoms with Gasteiger partial charge in [0.1, 0.15) is 0 Å². The molecule has 3 N–H and O–H groups in total. The average Bonchev–Trinajstić information content (AvgIpc) is 2.17. The maximum absolute atomic E-state index is 10.4. The van der Waals surface area contributed by atoms with Gasteiger partial charge in [-0.15, -0.1) is 0 Å². The van der Waals surface area contributed by atoms with E-state index >= 15 is 0 Å². The Balaban J connectivity index is 0.000000181. The minimum Gasteiger partial charge on any atom is -0.396 e. The molecule has 0 bridgehead atoms. The molecule has 90 valence electrons. The van der Waals surface area contributed by atoms with Gasteiger partial charge < -0.3 is 10.4 Å². The van der Waals surface area contributed by atoms with E-state index in [0.29, 0.717) is 12.5 Å². The van der Waals surface area contributed by atoms with Gasteiger partial charge in [0.15, 0.2) is 0 Å². The largest absolute Gasteiger partial charge is 0.396 e. The van der Waals surface area contributed by atoms with Crippen molar-refractivity contribution in [1.29, 1.82) is 0 Å². The number of benzene rings is 1. The molecule has 5 nitrogen and oxygen atoms in total. The molecule has 0 spiro atoms. The van der Waals surface area contributed by atoms with Gasteiger partial charge in [0.25, 0.3) is 10.1 Å². The molecule has 1 heterocycles. The topological polar surface area (TPSA) is 86.6 Å². The molecule has 1 aliphatic rings. The van der Waals surface area contributed by atoms with Crippen LogP contribution in [0.15, 0.2) is 35.2 Å². The van der Waals surface area contributed by atoms with Crippen LogP contribution in [0, 0.1) is 5.92 Å². The lowest BCUT2D eigenvalue weighted by Gasteiger charge is -2.24. The van der Waals surface area contributed by atoms with E-state index in [-0.39, 0.29) is 4.90 Å². The molecule has 6 heteroatoms. The van der Waals surface area contributed by atoms with Gasteiger partial charge in [0.05, 0.1) is 4.90 Å². The third-order valence-electron chi connectivity index (χ3n) is 2.17. The molecule has 16 heavy (non-hydrogen) atoms. The van der Waals surface area contributed by atoms with E-state index in [0.717, 1.165) is 13.1 Å². The van der Waals surface area contributed by atoms with Gasteiger partial charge in [0, 0.05) is 25.6 Å². The van der Waals surface area contributed by atoms with E-state index in [1.54, 1.807) is 18.2 Å². The fourth-order valence-electron chi connectivity index (χ4n) is 1.07. The predicted molar refractivity (Wildman–Crippen MR) is 59.7 cm³/mol. The van der Waals surface area contributed by atoms with Gasteiger partial charge in [0.2, 0.25) is 0 Å². The summed E-state index contributed by atoms with van der Waals surface area (Å²) in [6, 6.07) is 7.42. The summed E-state index contributed by atoms with van der Waals surface area (Å²) < 4.78 is 29.2. The van der Waals surface area contributed by atoms with Gasteiger partial charge in [-0.05, 0) is 12.1 Å². The predicted octanol–water partition coefficient (Wildman–Crippen LogP) is 0.131. The molecule has 0 amide bonds. The van der Waals surface area contributed by atoms with Crippen LogP contribution in [0.1, 0.15) is 0 Å². The maximum Gasteiger partial charge on any atom is 0.294 e. The molecule has 1 aromatic rings. The van der Waals surface area contributed by atoms with Gasteiger partial charge in [-0.1, -0.05) is 18.2 Å². The van der Waals surface area contributed by atoms with Crippen molar-refractivity contribution in [1.82, 2.24) is 5.32 Å². The molecule has 0 radical (unpaired) electrons. The van der Waals surface area contributed by atoms with Crippen LogP contribution < -0.4 is 5.32 Å². The zero-order valence-corrected chi connectivity index (χ0v) is 9.52. The molecular weight excluding hydrogens is 230 g/mol. The molecule has 0 saturated carbocycles. The molecule has 1 saturated heterocycles. The summed E-state index contributed by atoms with van der Waals surface area (Å²) in [4.78, 5) is -0.0741. The first kappa shape index (κ1) is 13.1. The molecule has 2 rings (SSSR count). The summed E-state index contributed by atoms with van der Waals surface area (Å²) in [7, 11) is -4.00. The maximum atomic E-state index is 10.4. The lowest BCUT2D eigenvalue weighted by molar-refractivity contribution is 0.180. The fourth-order valence-corrected chi connectivity index (χ4v) is 1.57. The van der Waals surface area contributed by atoms with Crippen LogP contribution in [-0.2, 0) is 10.1 Å². The summed E-state index contributed by atoms with van der Waals surface area (Å²) in [6.07, 6.45) is 0. The Labute approximate surface area is 94.9 Å². The number of hydrogen-bond acceptors (Lipinski definition) is 4. The first-order valence-electron chi connectivity index (χ1n) is 4.88. The van der Waals surface area contributed by atoms with Crippen molar-refractivity contribution >= 4 is 10.1 Å². The van der Waals surface area contributed by atoms with Crippen LogP contribution in [0.4, 0.5) is 0 Å². The van der Waals surface area contributed by atoms with Crippen LogP contribution in [-0.4, -0.2) is 37.8 Å². The number of nitrogens with one attached hydrogen (secondary N) is 1. The molecular formula is C10H15NO4S. The second-order valence-corrected chi connectivity index (χ2v) is 4.92. The summed E-state index contributed by atoms with van der Waals surface area (Å²) in [5.41, 5.74) is 0. The highest BCUT2D eigenvalue weighted by atomic mass is 32.2. The summed E-state index contributed by atoms with van der Waals surface area (Å²) in [5, 5.41) is 11.4. The second-order valence-electron chi connectivity index (χ2n) is 3.49. The summed E-state index contributed by atoms with van der Waals surface area (Å²) >= 11 is 0. The lowest BCUT2D eigenvalue weighted by Crippen LogP contribution is -2.43. The fraction of sp³-hybridized carbons (Fsp3) is 0.400. The number of rotatable bonds is 2. The second kappa shape index (κ2) is 5.95. The van der Waals surface area contributed by atoms with E-state index in [1.807, 2.05) is 0 Å². The van der Waals surface area contributed by atoms with Crippen molar-refractivity contribution in [3.05, 3.63) is 30.3 Å². The quantitative estimate of drug-likeness (QED) is 0.645. The van der Waals surface area contributed by atoms with Gasteiger partial charge in [-0.2, -0.15) is 8.42 Å². The van der Waals surface area contributed by atoms with Gasteiger partial charge >= 0.3 is 0 Å². The first-order chi connectivity index (χ1) is 7.54. The minimum absolute atomic E-state index is 0.0741. The molecule has 0 aliphatic carbocycles. The summed E-state index contributed by atoms with van der Waals surface area (Å²) in [6.45, 7) is 2.38. The van der Waals surface area contributed by atoms with Crippen molar-refractivity contribution < 1.29 is 18.1 Å². The number of hydrogen-bond donors (Lipinski definition) is 3. The molecule has 1 aliphatic heterocycles. The lowest BCUT2D eigenvalue weighted by atomic mass is 10.1. The normalized spacial score (nSPS) is 15.9. The molecule has 0 aromatic heterocycles. The highest BCUT2D eigenvalue weighted by Crippen LogP contribution is 2.05. The Hall–Kier alpha value is -0.950. The monoisotopic (exact) mass is 245 g/mol. The van der Waals surface area contributed by atoms with E-state index in [2.05, 4.69) is 5.32 Å². The number of aliphatic hydroxyl groups is 1. The van der Waals surface area contributed by atoms with E-state index in [4.69, 9.17) is 9.66 Å². The van der Waals surface area contributed by atoms with Crippen LogP contribution in [0.25, 0.3) is 0 Å². The van der Waals surface area contributed by atoms with E-state index < -0.39 is 10.1 Å². The smallest absolute Gasteiger partial charge is 0.294 e. The van der Waals surface area contributed by atoms with Crippen LogP contribution in [0.3, 0.4) is 0 Å². The van der Waals surface area contributed by atoms with Crippen molar-refractivity contribution in [2.45, 2.75) is 4.90 Å². The highest BCUT2D eigenvalue weighted by molar-refractivity contribution is 7.85. The summed E-state index contributed by atoms with van der Waals surface area (Å²) in [5.74, 6) is 0.560. The van der Waals surface area contributed by atoms with Crippen molar-refractivity contribution in [3.63, 3.8) is 0 Å². The van der Waals surface area contributed by atoms with Crippen LogP contribution in [0.2, 0.25) is 0 Å². The van der Waals surface area contributed by atoms with E-state index in [1.165, 1.54) is 12.1 Å². The molecule has 1 fully saturated rings. The SMILES string of the molecule is O=S(=O)(O)c1ccccc1.OCC1CNC1. The Morgan fingerprint density at radius 1 is 1.25 bits per heavy atom. The Morgan fingerprint density at radius 3 is 2.00 bits per heavy atom. The van der Waals surface area contributed by atoms with Crippen molar-refractivity contribution in [2.75, 3.05) is 19.7 Å². The number of aliphatic hydroxyl groups excluding tert-OH is 1. The molecule has 1 aromatic carbocycles. The van der Waals surface area contributed by atoms with Crippen LogP contribution in [0.5, 0.6) is 0 Å². The first-order valence-corrected chi connectivity index (χ1v) is 6.32. The third-order valence-corrected chi connectivity index (χ3v) is 3.03. The van der Waals surface area contributed by atoms with Crippen LogP contribution >= 0.6 is 0 Å². The van der Waals surface area contributed by atoms with Gasteiger partial charge in [-0.25, -0.2) is 0 Å². The zero-order valence-electron chi connectivity index (χ0n) is 8.70. The third kappa shape index (κ3) is 4.28. The van der Waals surface area contributed by atoms with Crippen molar-refractivity contribution in [3.8, 4) is 0 Å². The average molecular weight is 245 g/mol. The van der Waals surface area contributed by atoms with E-state index in [9.17, 15) is 8.42 Å². The molecule has 0 atom stereocenters. The Morgan fingerprint density at radius 2 is 1.81 bits per heavy atom. The van der Waals surface area contributed by atoms with Crippen molar-refractivity contribution in [2.24, 2.45) is 5.92 Å². The highest BCUT2D eigenvalue weighted by Gasteiger charge is 2.13. The Bertz CT molecular complexity index is 397. The van der Waals surface area contributed by atoms with Gasteiger partial charge in [-0.3, -0.25) is 4.55 Å². The Kier molecular flexibility index (Phi) is 4.88. The minimum atomic E-state index is -4.00.